The number of aromatic nitrogens is 1. The van der Waals surface area contributed by atoms with Crippen LogP contribution in [0.25, 0.3) is 22.2 Å². The van der Waals surface area contributed by atoms with Crippen molar-refractivity contribution in [2.24, 2.45) is 5.73 Å². The van der Waals surface area contributed by atoms with E-state index in [2.05, 4.69) is 50.0 Å². The van der Waals surface area contributed by atoms with Crippen LogP contribution in [0.5, 0.6) is 0 Å². The minimum atomic E-state index is 0.135. The molecule has 0 unspecified atom stereocenters. The van der Waals surface area contributed by atoms with Crippen molar-refractivity contribution in [2.45, 2.75) is 45.4 Å². The van der Waals surface area contributed by atoms with E-state index in [1.54, 1.807) is 0 Å². The smallest absolute Gasteiger partial charge is 0.0497 e. The van der Waals surface area contributed by atoms with Gasteiger partial charge < -0.3 is 10.7 Å². The summed E-state index contributed by atoms with van der Waals surface area (Å²) in [5, 5.41) is 2.08. The first-order valence-electron chi connectivity index (χ1n) is 9.01. The van der Waals surface area contributed by atoms with Crippen LogP contribution in [0, 0.1) is 0 Å². The molecule has 0 aliphatic heterocycles. The van der Waals surface area contributed by atoms with Gasteiger partial charge in [0.25, 0.3) is 0 Å². The average Bonchev–Trinajstić information content (AvgIpc) is 2.92. The second kappa shape index (κ2) is 7.23. The highest BCUT2D eigenvalue weighted by Gasteiger charge is 2.18. The number of rotatable bonds is 5. The number of halogens is 1. The largest absolute Gasteiger partial charge is 0.354 e. The Morgan fingerprint density at radius 3 is 2.52 bits per heavy atom. The standard InChI is InChI=1S/C22H27ClN2/c1-22(2,3)16-10-11-20-19(14-16)18(9-4-5-12-24)21(25-20)15-7-6-8-17(23)13-15/h6-8,10-11,13-14,25H,4-5,9,12,24H2,1-3H3. The number of fused-ring (bicyclic) bond motifs is 1. The molecule has 2 nitrogen and oxygen atoms in total. The lowest BCUT2D eigenvalue weighted by Crippen LogP contribution is -2.10. The molecule has 0 radical (unpaired) electrons. The first-order chi connectivity index (χ1) is 11.9. The summed E-state index contributed by atoms with van der Waals surface area (Å²) in [5.74, 6) is 0. The molecule has 0 saturated heterocycles. The highest BCUT2D eigenvalue weighted by Crippen LogP contribution is 2.35. The molecule has 2 aromatic carbocycles. The summed E-state index contributed by atoms with van der Waals surface area (Å²) in [7, 11) is 0. The molecule has 3 heteroatoms. The van der Waals surface area contributed by atoms with Crippen LogP contribution >= 0.6 is 11.6 Å². The molecule has 0 atom stereocenters. The number of hydrogen-bond acceptors (Lipinski definition) is 1. The number of aromatic amines is 1. The summed E-state index contributed by atoms with van der Waals surface area (Å²) >= 11 is 6.23. The Balaban J connectivity index is 2.16. The number of H-pyrrole nitrogens is 1. The Bertz CT molecular complexity index is 871. The maximum Gasteiger partial charge on any atom is 0.0497 e. The summed E-state index contributed by atoms with van der Waals surface area (Å²) in [4.78, 5) is 3.62. The van der Waals surface area contributed by atoms with Crippen LogP contribution in [0.3, 0.4) is 0 Å². The van der Waals surface area contributed by atoms with Crippen molar-refractivity contribution in [1.29, 1.82) is 0 Å². The molecule has 0 saturated carbocycles. The van der Waals surface area contributed by atoms with E-state index in [1.165, 1.54) is 27.7 Å². The molecule has 0 bridgehead atoms. The number of benzene rings is 2. The van der Waals surface area contributed by atoms with Crippen molar-refractivity contribution in [3.63, 3.8) is 0 Å². The summed E-state index contributed by atoms with van der Waals surface area (Å²) in [6.45, 7) is 7.51. The van der Waals surface area contributed by atoms with Crippen LogP contribution in [0.2, 0.25) is 5.02 Å². The zero-order valence-electron chi connectivity index (χ0n) is 15.3. The summed E-state index contributed by atoms with van der Waals surface area (Å²) in [6.07, 6.45) is 3.16. The molecule has 132 valence electrons. The van der Waals surface area contributed by atoms with Gasteiger partial charge in [0, 0.05) is 21.6 Å². The molecular formula is C22H27ClN2. The maximum atomic E-state index is 6.23. The Kier molecular flexibility index (Phi) is 5.21. The highest BCUT2D eigenvalue weighted by molar-refractivity contribution is 6.30. The van der Waals surface area contributed by atoms with Gasteiger partial charge in [-0.1, -0.05) is 50.6 Å². The van der Waals surface area contributed by atoms with E-state index in [0.717, 1.165) is 36.4 Å². The van der Waals surface area contributed by atoms with Crippen molar-refractivity contribution in [1.82, 2.24) is 4.98 Å². The van der Waals surface area contributed by atoms with Gasteiger partial charge in [0.1, 0.15) is 0 Å². The van der Waals surface area contributed by atoms with E-state index < -0.39 is 0 Å². The first kappa shape index (κ1) is 18.0. The van der Waals surface area contributed by atoms with Gasteiger partial charge >= 0.3 is 0 Å². The van der Waals surface area contributed by atoms with Gasteiger partial charge in [-0.2, -0.15) is 0 Å². The van der Waals surface area contributed by atoms with E-state index in [4.69, 9.17) is 17.3 Å². The van der Waals surface area contributed by atoms with Gasteiger partial charge in [-0.05, 0) is 72.2 Å². The monoisotopic (exact) mass is 354 g/mol. The third kappa shape index (κ3) is 3.91. The predicted molar refractivity (Wildman–Crippen MR) is 109 cm³/mol. The Labute approximate surface area is 155 Å². The Morgan fingerprint density at radius 1 is 1.04 bits per heavy atom. The molecule has 0 aliphatic rings. The minimum Gasteiger partial charge on any atom is -0.354 e. The van der Waals surface area contributed by atoms with E-state index >= 15 is 0 Å². The zero-order chi connectivity index (χ0) is 18.0. The summed E-state index contributed by atoms with van der Waals surface area (Å²) < 4.78 is 0. The molecular weight excluding hydrogens is 328 g/mol. The number of hydrogen-bond donors (Lipinski definition) is 2. The molecule has 25 heavy (non-hydrogen) atoms. The summed E-state index contributed by atoms with van der Waals surface area (Å²) in [5.41, 5.74) is 12.1. The molecule has 0 spiro atoms. The highest BCUT2D eigenvalue weighted by atomic mass is 35.5. The van der Waals surface area contributed by atoms with Gasteiger partial charge in [0.2, 0.25) is 0 Å². The number of nitrogens with two attached hydrogens (primary N) is 1. The second-order valence-electron chi connectivity index (χ2n) is 7.75. The molecule has 0 fully saturated rings. The Hall–Kier alpha value is -1.77. The lowest BCUT2D eigenvalue weighted by molar-refractivity contribution is 0.591. The van der Waals surface area contributed by atoms with Crippen molar-refractivity contribution in [3.8, 4) is 11.3 Å². The number of unbranched alkanes of at least 4 members (excludes halogenated alkanes) is 1. The van der Waals surface area contributed by atoms with Crippen LogP contribution in [-0.2, 0) is 11.8 Å². The van der Waals surface area contributed by atoms with Crippen LogP contribution in [0.15, 0.2) is 42.5 Å². The fraction of sp³-hybridized carbons (Fsp3) is 0.364. The molecule has 3 rings (SSSR count). The molecule has 1 heterocycles. The van der Waals surface area contributed by atoms with Gasteiger partial charge in [0.15, 0.2) is 0 Å². The average molecular weight is 355 g/mol. The van der Waals surface area contributed by atoms with E-state index in [-0.39, 0.29) is 5.41 Å². The Morgan fingerprint density at radius 2 is 1.84 bits per heavy atom. The zero-order valence-corrected chi connectivity index (χ0v) is 16.1. The molecule has 0 amide bonds. The van der Waals surface area contributed by atoms with Crippen LogP contribution < -0.4 is 5.73 Å². The number of nitrogens with one attached hydrogen (secondary N) is 1. The normalized spacial score (nSPS) is 12.0. The fourth-order valence-corrected chi connectivity index (χ4v) is 3.50. The van der Waals surface area contributed by atoms with Gasteiger partial charge in [0.05, 0.1) is 0 Å². The molecule has 1 aromatic heterocycles. The lowest BCUT2D eigenvalue weighted by atomic mass is 9.86. The van der Waals surface area contributed by atoms with Crippen LogP contribution in [-0.4, -0.2) is 11.5 Å². The van der Waals surface area contributed by atoms with Crippen molar-refractivity contribution in [2.75, 3.05) is 6.54 Å². The maximum absolute atomic E-state index is 6.23. The van der Waals surface area contributed by atoms with Crippen molar-refractivity contribution >= 4 is 22.5 Å². The first-order valence-corrected chi connectivity index (χ1v) is 9.39. The van der Waals surface area contributed by atoms with Gasteiger partial charge in [-0.3, -0.25) is 0 Å². The SMILES string of the molecule is CC(C)(C)c1ccc2[nH]c(-c3cccc(Cl)c3)c(CCCCN)c2c1. The van der Waals surface area contributed by atoms with Crippen LogP contribution in [0.1, 0.15) is 44.7 Å². The number of aryl methyl sites for hydroxylation is 1. The molecule has 3 N–H and O–H groups in total. The molecule has 3 aromatic rings. The van der Waals surface area contributed by atoms with E-state index in [9.17, 15) is 0 Å². The van der Waals surface area contributed by atoms with Crippen LogP contribution in [0.4, 0.5) is 0 Å². The van der Waals surface area contributed by atoms with Crippen molar-refractivity contribution in [3.05, 3.63) is 58.6 Å². The second-order valence-corrected chi connectivity index (χ2v) is 8.18. The predicted octanol–water partition coefficient (Wildman–Crippen LogP) is 6.07. The van der Waals surface area contributed by atoms with Gasteiger partial charge in [-0.15, -0.1) is 0 Å². The van der Waals surface area contributed by atoms with Gasteiger partial charge in [-0.25, -0.2) is 0 Å². The van der Waals surface area contributed by atoms with E-state index in [0.29, 0.717) is 0 Å². The quantitative estimate of drug-likeness (QED) is 0.536. The minimum absolute atomic E-state index is 0.135. The van der Waals surface area contributed by atoms with Crippen molar-refractivity contribution < 1.29 is 0 Å². The van der Waals surface area contributed by atoms with E-state index in [1.807, 2.05) is 18.2 Å². The third-order valence-corrected chi connectivity index (χ3v) is 5.00. The summed E-state index contributed by atoms with van der Waals surface area (Å²) in [6, 6.07) is 14.8. The fourth-order valence-electron chi connectivity index (χ4n) is 3.31. The third-order valence-electron chi connectivity index (χ3n) is 4.77. The topological polar surface area (TPSA) is 41.8 Å². The lowest BCUT2D eigenvalue weighted by Gasteiger charge is -2.19. The molecule has 0 aliphatic carbocycles.